The van der Waals surface area contributed by atoms with Gasteiger partial charge in [0.1, 0.15) is 5.75 Å². The number of nitrogens with one attached hydrogen (secondary N) is 1. The molecule has 3 aromatic rings. The minimum absolute atomic E-state index is 0.155. The zero-order valence-electron chi connectivity index (χ0n) is 16.0. The molecule has 2 unspecified atom stereocenters. The van der Waals surface area contributed by atoms with Crippen molar-refractivity contribution < 1.29 is 9.53 Å². The Balaban J connectivity index is 1.68. The fourth-order valence-electron chi connectivity index (χ4n) is 2.61. The summed E-state index contributed by atoms with van der Waals surface area (Å²) < 4.78 is 6.74. The molecule has 152 valence electrons. The summed E-state index contributed by atoms with van der Waals surface area (Å²) in [6.07, 6.45) is 0. The van der Waals surface area contributed by atoms with E-state index < -0.39 is 5.25 Å². The lowest BCUT2D eigenvalue weighted by molar-refractivity contribution is -0.120. The van der Waals surface area contributed by atoms with E-state index in [1.165, 1.54) is 11.8 Å². The van der Waals surface area contributed by atoms with Gasteiger partial charge in [-0.1, -0.05) is 41.0 Å². The minimum atomic E-state index is -0.425. The molecule has 0 saturated heterocycles. The van der Waals surface area contributed by atoms with Crippen LogP contribution >= 0.6 is 35.0 Å². The summed E-state index contributed by atoms with van der Waals surface area (Å²) in [6, 6.07) is 12.3. The van der Waals surface area contributed by atoms with Crippen LogP contribution in [0.15, 0.2) is 47.6 Å². The van der Waals surface area contributed by atoms with Crippen molar-refractivity contribution >= 4 is 40.9 Å². The Bertz CT molecular complexity index is 997. The van der Waals surface area contributed by atoms with E-state index in [1.807, 2.05) is 31.2 Å². The van der Waals surface area contributed by atoms with E-state index in [1.54, 1.807) is 36.9 Å². The summed E-state index contributed by atoms with van der Waals surface area (Å²) >= 11 is 13.4. The maximum absolute atomic E-state index is 12.7. The SMILES string of the molecule is COc1ccc(-n2nnnc2SC(C)C(=O)NC(C)c2ccc(Cl)cc2Cl)cc1. The van der Waals surface area contributed by atoms with Gasteiger partial charge in [-0.05, 0) is 66.2 Å². The highest BCUT2D eigenvalue weighted by Crippen LogP contribution is 2.28. The number of thioether (sulfide) groups is 1. The monoisotopic (exact) mass is 451 g/mol. The summed E-state index contributed by atoms with van der Waals surface area (Å²) in [5, 5.41) is 15.9. The first-order valence-corrected chi connectivity index (χ1v) is 10.4. The number of benzene rings is 2. The smallest absolute Gasteiger partial charge is 0.233 e. The summed E-state index contributed by atoms with van der Waals surface area (Å²) in [5.74, 6) is 0.580. The Morgan fingerprint density at radius 3 is 2.55 bits per heavy atom. The van der Waals surface area contributed by atoms with Gasteiger partial charge in [0, 0.05) is 10.0 Å². The van der Waals surface area contributed by atoms with E-state index in [-0.39, 0.29) is 11.9 Å². The Morgan fingerprint density at radius 1 is 1.17 bits per heavy atom. The van der Waals surface area contributed by atoms with Gasteiger partial charge in [-0.15, -0.1) is 5.10 Å². The summed E-state index contributed by atoms with van der Waals surface area (Å²) in [4.78, 5) is 12.7. The molecule has 0 aliphatic rings. The second-order valence-electron chi connectivity index (χ2n) is 6.23. The van der Waals surface area contributed by atoms with Crippen molar-refractivity contribution in [2.24, 2.45) is 0 Å². The Labute approximate surface area is 182 Å². The van der Waals surface area contributed by atoms with Gasteiger partial charge in [-0.2, -0.15) is 4.68 Å². The maximum atomic E-state index is 12.7. The predicted octanol–water partition coefficient (Wildman–Crippen LogP) is 4.34. The molecular formula is C19H19Cl2N5O2S. The van der Waals surface area contributed by atoms with E-state index in [0.717, 1.165) is 17.0 Å². The second-order valence-corrected chi connectivity index (χ2v) is 8.38. The molecule has 0 bridgehead atoms. The van der Waals surface area contributed by atoms with Crippen LogP contribution in [-0.4, -0.2) is 38.5 Å². The second kappa shape index (κ2) is 9.47. The van der Waals surface area contributed by atoms with Crippen molar-refractivity contribution in [3.8, 4) is 11.4 Å². The van der Waals surface area contributed by atoms with Gasteiger partial charge in [-0.3, -0.25) is 4.79 Å². The van der Waals surface area contributed by atoms with E-state index in [2.05, 4.69) is 20.8 Å². The van der Waals surface area contributed by atoms with Crippen LogP contribution in [0.1, 0.15) is 25.5 Å². The molecule has 7 nitrogen and oxygen atoms in total. The van der Waals surface area contributed by atoms with Gasteiger partial charge in [0.25, 0.3) is 0 Å². The molecule has 0 aliphatic heterocycles. The van der Waals surface area contributed by atoms with Gasteiger partial charge < -0.3 is 10.1 Å². The molecule has 3 rings (SSSR count). The van der Waals surface area contributed by atoms with Crippen LogP contribution in [0.4, 0.5) is 0 Å². The first kappa shape index (κ1) is 21.4. The summed E-state index contributed by atoms with van der Waals surface area (Å²) in [7, 11) is 1.60. The minimum Gasteiger partial charge on any atom is -0.497 e. The van der Waals surface area contributed by atoms with Gasteiger partial charge in [0.05, 0.1) is 24.1 Å². The number of carbonyl (C=O) groups excluding carboxylic acids is 1. The number of hydrogen-bond donors (Lipinski definition) is 1. The molecular weight excluding hydrogens is 433 g/mol. The third-order valence-electron chi connectivity index (χ3n) is 4.20. The first-order valence-electron chi connectivity index (χ1n) is 8.74. The lowest BCUT2D eigenvalue weighted by atomic mass is 10.1. The molecule has 0 aliphatic carbocycles. The van der Waals surface area contributed by atoms with Crippen LogP contribution in [0.5, 0.6) is 5.75 Å². The third-order valence-corrected chi connectivity index (χ3v) is 5.79. The van der Waals surface area contributed by atoms with Crippen molar-refractivity contribution in [3.05, 3.63) is 58.1 Å². The van der Waals surface area contributed by atoms with Gasteiger partial charge in [0.2, 0.25) is 11.1 Å². The number of rotatable bonds is 7. The number of halogens is 2. The number of tetrazole rings is 1. The number of hydrogen-bond acceptors (Lipinski definition) is 6. The molecule has 0 fully saturated rings. The van der Waals surface area contributed by atoms with Crippen LogP contribution in [0.25, 0.3) is 5.69 Å². The highest BCUT2D eigenvalue weighted by Gasteiger charge is 2.22. The Hall–Kier alpha value is -2.29. The summed E-state index contributed by atoms with van der Waals surface area (Å²) in [5.41, 5.74) is 1.57. The van der Waals surface area contributed by atoms with Crippen LogP contribution in [0, 0.1) is 0 Å². The number of amides is 1. The van der Waals surface area contributed by atoms with Gasteiger partial charge in [-0.25, -0.2) is 0 Å². The van der Waals surface area contributed by atoms with Crippen molar-refractivity contribution in [2.45, 2.75) is 30.3 Å². The maximum Gasteiger partial charge on any atom is 0.233 e. The highest BCUT2D eigenvalue weighted by atomic mass is 35.5. The van der Waals surface area contributed by atoms with Crippen LogP contribution in [-0.2, 0) is 4.79 Å². The van der Waals surface area contributed by atoms with Gasteiger partial charge >= 0.3 is 0 Å². The van der Waals surface area contributed by atoms with Crippen molar-refractivity contribution in [3.63, 3.8) is 0 Å². The van der Waals surface area contributed by atoms with E-state index in [9.17, 15) is 4.79 Å². The quantitative estimate of drug-likeness (QED) is 0.538. The average Bonchev–Trinajstić information content (AvgIpc) is 3.15. The third kappa shape index (κ3) is 5.20. The normalized spacial score (nSPS) is 13.0. The summed E-state index contributed by atoms with van der Waals surface area (Å²) in [6.45, 7) is 3.66. The van der Waals surface area contributed by atoms with Crippen molar-refractivity contribution in [1.82, 2.24) is 25.5 Å². The van der Waals surface area contributed by atoms with E-state index in [4.69, 9.17) is 27.9 Å². The number of carbonyl (C=O) groups is 1. The molecule has 2 aromatic carbocycles. The number of methoxy groups -OCH3 is 1. The molecule has 1 heterocycles. The predicted molar refractivity (Wildman–Crippen MR) is 114 cm³/mol. The molecule has 2 atom stereocenters. The molecule has 1 aromatic heterocycles. The lowest BCUT2D eigenvalue weighted by Crippen LogP contribution is -2.33. The number of nitrogens with zero attached hydrogens (tertiary/aromatic N) is 4. The number of aromatic nitrogens is 4. The molecule has 0 spiro atoms. The largest absolute Gasteiger partial charge is 0.497 e. The van der Waals surface area contributed by atoms with Gasteiger partial charge in [0.15, 0.2) is 0 Å². The van der Waals surface area contributed by atoms with Crippen LogP contribution in [0.2, 0.25) is 10.0 Å². The molecule has 10 heteroatoms. The Kier molecular flexibility index (Phi) is 7.00. The molecule has 0 saturated carbocycles. The zero-order valence-corrected chi connectivity index (χ0v) is 18.3. The molecule has 0 radical (unpaired) electrons. The van der Waals surface area contributed by atoms with Crippen LogP contribution < -0.4 is 10.1 Å². The van der Waals surface area contributed by atoms with E-state index >= 15 is 0 Å². The first-order chi connectivity index (χ1) is 13.9. The average molecular weight is 452 g/mol. The molecule has 29 heavy (non-hydrogen) atoms. The highest BCUT2D eigenvalue weighted by molar-refractivity contribution is 8.00. The zero-order chi connectivity index (χ0) is 21.0. The van der Waals surface area contributed by atoms with E-state index in [0.29, 0.717) is 15.2 Å². The standard InChI is InChI=1S/C19H19Cl2N5O2S/c1-11(16-9-4-13(20)10-17(16)21)22-18(27)12(2)29-19-23-24-25-26(19)14-5-7-15(28-3)8-6-14/h4-12H,1-3H3,(H,22,27). The number of ether oxygens (including phenoxy) is 1. The van der Waals surface area contributed by atoms with Crippen molar-refractivity contribution in [2.75, 3.05) is 7.11 Å². The topological polar surface area (TPSA) is 81.9 Å². The van der Waals surface area contributed by atoms with Crippen molar-refractivity contribution in [1.29, 1.82) is 0 Å². The lowest BCUT2D eigenvalue weighted by Gasteiger charge is -2.18. The molecule has 1 amide bonds. The molecule has 1 N–H and O–H groups in total. The Morgan fingerprint density at radius 2 is 1.90 bits per heavy atom. The van der Waals surface area contributed by atoms with Crippen LogP contribution in [0.3, 0.4) is 0 Å². The fourth-order valence-corrected chi connectivity index (χ4v) is 4.00. The fraction of sp³-hybridized carbons (Fsp3) is 0.263.